The summed E-state index contributed by atoms with van der Waals surface area (Å²) in [5.41, 5.74) is 3.17. The fraction of sp³-hybridized carbons (Fsp3) is 0.146. The first-order valence-corrected chi connectivity index (χ1v) is 17.2. The minimum atomic E-state index is -0.585. The number of benzene rings is 5. The van der Waals surface area contributed by atoms with Gasteiger partial charge in [0.05, 0.1) is 13.7 Å². The van der Waals surface area contributed by atoms with Crippen LogP contribution in [0, 0.1) is 0 Å². The van der Waals surface area contributed by atoms with Crippen LogP contribution in [0.25, 0.3) is 6.08 Å². The summed E-state index contributed by atoms with van der Waals surface area (Å²) in [4.78, 5) is 41.2. The number of thioether (sulfide) groups is 1. The Hall–Kier alpha value is -5.80. The van der Waals surface area contributed by atoms with Gasteiger partial charge >= 0.3 is 0 Å². The zero-order valence-corrected chi connectivity index (χ0v) is 28.7. The van der Waals surface area contributed by atoms with Gasteiger partial charge in [-0.25, -0.2) is 0 Å². The SMILES string of the molecule is CCCCOc1ccc(NC(=O)C(Sc2cccc(NC(=O)/C(=C\c3ccc(OC)cc3)NC(=O)c3ccccc3)c2)c2ccccc2)cc1. The number of methoxy groups -OCH3 is 1. The molecule has 0 spiro atoms. The van der Waals surface area contributed by atoms with E-state index in [4.69, 9.17) is 9.47 Å². The minimum absolute atomic E-state index is 0.0606. The molecule has 0 bridgehead atoms. The van der Waals surface area contributed by atoms with Gasteiger partial charge in [0, 0.05) is 21.8 Å². The number of carbonyl (C=O) groups excluding carboxylic acids is 3. The Bertz CT molecular complexity index is 1900. The zero-order chi connectivity index (χ0) is 35.1. The lowest BCUT2D eigenvalue weighted by atomic mass is 10.1. The predicted octanol–water partition coefficient (Wildman–Crippen LogP) is 8.76. The number of rotatable bonds is 15. The fourth-order valence-corrected chi connectivity index (χ4v) is 5.95. The van der Waals surface area contributed by atoms with E-state index in [1.54, 1.807) is 73.8 Å². The molecule has 3 amide bonds. The Kier molecular flexibility index (Phi) is 12.9. The highest BCUT2D eigenvalue weighted by Gasteiger charge is 2.23. The maximum atomic E-state index is 13.7. The van der Waals surface area contributed by atoms with Gasteiger partial charge in [-0.3, -0.25) is 14.4 Å². The highest BCUT2D eigenvalue weighted by Crippen LogP contribution is 2.37. The van der Waals surface area contributed by atoms with Crippen molar-refractivity contribution in [3.8, 4) is 11.5 Å². The summed E-state index contributed by atoms with van der Waals surface area (Å²) in [6.45, 7) is 2.76. The van der Waals surface area contributed by atoms with Crippen molar-refractivity contribution in [1.82, 2.24) is 5.32 Å². The Morgan fingerprint density at radius 1 is 0.740 bits per heavy atom. The fourth-order valence-electron chi connectivity index (χ4n) is 4.87. The van der Waals surface area contributed by atoms with Crippen molar-refractivity contribution >= 4 is 46.9 Å². The lowest BCUT2D eigenvalue weighted by Gasteiger charge is -2.18. The number of carbonyl (C=O) groups is 3. The van der Waals surface area contributed by atoms with Gasteiger partial charge in [0.2, 0.25) is 5.91 Å². The Balaban J connectivity index is 1.33. The molecule has 50 heavy (non-hydrogen) atoms. The summed E-state index contributed by atoms with van der Waals surface area (Å²) >= 11 is 1.37. The molecule has 0 aliphatic rings. The molecule has 0 aromatic heterocycles. The van der Waals surface area contributed by atoms with E-state index < -0.39 is 17.1 Å². The van der Waals surface area contributed by atoms with Crippen molar-refractivity contribution < 1.29 is 23.9 Å². The van der Waals surface area contributed by atoms with E-state index in [0.717, 1.165) is 29.1 Å². The van der Waals surface area contributed by atoms with E-state index in [2.05, 4.69) is 22.9 Å². The quantitative estimate of drug-likeness (QED) is 0.0578. The molecule has 0 fully saturated rings. The minimum Gasteiger partial charge on any atom is -0.497 e. The topological polar surface area (TPSA) is 106 Å². The van der Waals surface area contributed by atoms with Crippen LogP contribution in [0.2, 0.25) is 0 Å². The Morgan fingerprint density at radius 3 is 2.10 bits per heavy atom. The number of nitrogens with one attached hydrogen (secondary N) is 3. The summed E-state index contributed by atoms with van der Waals surface area (Å²) in [6.07, 6.45) is 3.64. The molecule has 0 saturated heterocycles. The summed E-state index contributed by atoms with van der Waals surface area (Å²) in [6, 6.07) is 40.0. The van der Waals surface area contributed by atoms with Crippen LogP contribution >= 0.6 is 11.8 Å². The van der Waals surface area contributed by atoms with Crippen LogP contribution < -0.4 is 25.4 Å². The van der Waals surface area contributed by atoms with Crippen LogP contribution in [0.3, 0.4) is 0 Å². The van der Waals surface area contributed by atoms with Crippen molar-refractivity contribution in [1.29, 1.82) is 0 Å². The number of ether oxygens (including phenoxy) is 2. The van der Waals surface area contributed by atoms with Crippen LogP contribution in [0.15, 0.2) is 144 Å². The third-order valence-corrected chi connectivity index (χ3v) is 8.78. The molecular weight excluding hydrogens is 647 g/mol. The van der Waals surface area contributed by atoms with Gasteiger partial charge in [0.15, 0.2) is 0 Å². The maximum Gasteiger partial charge on any atom is 0.272 e. The van der Waals surface area contributed by atoms with Crippen molar-refractivity contribution in [2.24, 2.45) is 0 Å². The van der Waals surface area contributed by atoms with Crippen LogP contribution in [-0.4, -0.2) is 31.4 Å². The summed E-state index contributed by atoms with van der Waals surface area (Å²) < 4.78 is 11.0. The highest BCUT2D eigenvalue weighted by atomic mass is 32.2. The number of hydrogen-bond donors (Lipinski definition) is 3. The van der Waals surface area contributed by atoms with E-state index in [0.29, 0.717) is 34.9 Å². The van der Waals surface area contributed by atoms with Crippen molar-refractivity contribution in [2.45, 2.75) is 29.9 Å². The average Bonchev–Trinajstić information content (AvgIpc) is 3.15. The first-order chi connectivity index (χ1) is 24.4. The van der Waals surface area contributed by atoms with E-state index >= 15 is 0 Å². The molecule has 9 heteroatoms. The first-order valence-electron chi connectivity index (χ1n) is 16.3. The second-order valence-corrected chi connectivity index (χ2v) is 12.4. The average molecular weight is 686 g/mol. The largest absolute Gasteiger partial charge is 0.497 e. The summed E-state index contributed by atoms with van der Waals surface area (Å²) in [5, 5.41) is 8.13. The maximum absolute atomic E-state index is 13.7. The third kappa shape index (κ3) is 10.3. The molecule has 0 aliphatic heterocycles. The summed E-state index contributed by atoms with van der Waals surface area (Å²) in [7, 11) is 1.58. The predicted molar refractivity (Wildman–Crippen MR) is 200 cm³/mol. The normalized spacial score (nSPS) is 11.6. The van der Waals surface area contributed by atoms with E-state index in [1.807, 2.05) is 72.8 Å². The van der Waals surface area contributed by atoms with Gasteiger partial charge < -0.3 is 25.4 Å². The van der Waals surface area contributed by atoms with Gasteiger partial charge in [-0.1, -0.05) is 80.1 Å². The molecule has 3 N–H and O–H groups in total. The highest BCUT2D eigenvalue weighted by molar-refractivity contribution is 8.00. The van der Waals surface area contributed by atoms with Crippen LogP contribution in [0.5, 0.6) is 11.5 Å². The molecule has 1 unspecified atom stereocenters. The van der Waals surface area contributed by atoms with Crippen molar-refractivity contribution in [3.63, 3.8) is 0 Å². The summed E-state index contributed by atoms with van der Waals surface area (Å²) in [5.74, 6) is 0.310. The smallest absolute Gasteiger partial charge is 0.272 e. The van der Waals surface area contributed by atoms with Crippen LogP contribution in [-0.2, 0) is 9.59 Å². The Morgan fingerprint density at radius 2 is 1.42 bits per heavy atom. The third-order valence-electron chi connectivity index (χ3n) is 7.53. The molecule has 0 aliphatic carbocycles. The number of hydrogen-bond acceptors (Lipinski definition) is 6. The first kappa shape index (κ1) is 35.5. The number of anilines is 2. The van der Waals surface area contributed by atoms with Crippen LogP contribution in [0.4, 0.5) is 11.4 Å². The lowest BCUT2D eigenvalue weighted by molar-refractivity contribution is -0.116. The standard InChI is InChI=1S/C41H39N3O5S/c1-3-4-26-49-35-24-20-32(21-25-35)42-41(47)38(30-12-7-5-8-13-30)50-36-17-11-16-33(28-36)43-40(46)37(27-29-18-22-34(48-2)23-19-29)44-39(45)31-14-9-6-10-15-31/h5-25,27-28,38H,3-4,26H2,1-2H3,(H,42,47)(H,43,46)(H,44,45)/b37-27+. The number of amides is 3. The second-order valence-electron chi connectivity index (χ2n) is 11.3. The zero-order valence-electron chi connectivity index (χ0n) is 27.9. The van der Waals surface area contributed by atoms with E-state index in [9.17, 15) is 14.4 Å². The second kappa shape index (κ2) is 18.1. The molecular formula is C41H39N3O5S. The molecule has 254 valence electrons. The van der Waals surface area contributed by atoms with Gasteiger partial charge in [-0.05, 0) is 90.4 Å². The monoisotopic (exact) mass is 685 g/mol. The molecule has 0 heterocycles. The molecule has 5 aromatic rings. The van der Waals surface area contributed by atoms with Crippen LogP contribution in [0.1, 0.15) is 46.5 Å². The molecule has 1 atom stereocenters. The lowest BCUT2D eigenvalue weighted by Crippen LogP contribution is -2.30. The molecule has 5 rings (SSSR count). The molecule has 0 saturated carbocycles. The van der Waals surface area contributed by atoms with Gasteiger partial charge in [0.25, 0.3) is 11.8 Å². The number of unbranched alkanes of at least 4 members (excludes halogenated alkanes) is 1. The van der Waals surface area contributed by atoms with E-state index in [-0.39, 0.29) is 11.6 Å². The molecule has 8 nitrogen and oxygen atoms in total. The molecule has 5 aromatic carbocycles. The van der Waals surface area contributed by atoms with Gasteiger partial charge in [0.1, 0.15) is 22.4 Å². The van der Waals surface area contributed by atoms with Crippen molar-refractivity contribution in [3.05, 3.63) is 156 Å². The van der Waals surface area contributed by atoms with Gasteiger partial charge in [-0.15, -0.1) is 11.8 Å². The molecule has 0 radical (unpaired) electrons. The van der Waals surface area contributed by atoms with Gasteiger partial charge in [-0.2, -0.15) is 0 Å². The Labute approximate surface area is 296 Å². The van der Waals surface area contributed by atoms with E-state index in [1.165, 1.54) is 11.8 Å². The van der Waals surface area contributed by atoms with Crippen molar-refractivity contribution in [2.75, 3.05) is 24.4 Å².